The number of morpholine rings is 1. The first kappa shape index (κ1) is 26.4. The van der Waals surface area contributed by atoms with Crippen molar-refractivity contribution in [2.45, 2.75) is 39.8 Å². The van der Waals surface area contributed by atoms with Gasteiger partial charge in [0.1, 0.15) is 0 Å². The van der Waals surface area contributed by atoms with Gasteiger partial charge in [-0.2, -0.15) is 0 Å². The highest BCUT2D eigenvalue weighted by Crippen LogP contribution is 2.20. The van der Waals surface area contributed by atoms with Crippen LogP contribution in [0.25, 0.3) is 0 Å². The van der Waals surface area contributed by atoms with Gasteiger partial charge in [-0.25, -0.2) is 0 Å². The number of halogens is 1. The molecule has 0 aromatic heterocycles. The summed E-state index contributed by atoms with van der Waals surface area (Å²) in [5.41, 5.74) is 2.72. The highest BCUT2D eigenvalue weighted by molar-refractivity contribution is 14.0. The molecule has 3 rings (SSSR count). The number of piperidine rings is 1. The molecule has 0 bridgehead atoms. The van der Waals surface area contributed by atoms with Gasteiger partial charge in [0.2, 0.25) is 0 Å². The molecule has 6 nitrogen and oxygen atoms in total. The summed E-state index contributed by atoms with van der Waals surface area (Å²) in [6.45, 7) is 14.9. The van der Waals surface area contributed by atoms with Crippen molar-refractivity contribution >= 4 is 29.9 Å². The lowest BCUT2D eigenvalue weighted by Crippen LogP contribution is -2.41. The number of nitrogens with one attached hydrogen (secondary N) is 2. The molecule has 0 spiro atoms. The quantitative estimate of drug-likeness (QED) is 0.229. The number of guanidine groups is 1. The molecule has 1 aromatic carbocycles. The Morgan fingerprint density at radius 3 is 2.39 bits per heavy atom. The fraction of sp³-hybridized carbons (Fsp3) is 0.708. The molecule has 2 fully saturated rings. The van der Waals surface area contributed by atoms with Crippen LogP contribution in [0.2, 0.25) is 0 Å². The van der Waals surface area contributed by atoms with E-state index in [2.05, 4.69) is 63.5 Å². The Labute approximate surface area is 206 Å². The highest BCUT2D eigenvalue weighted by atomic mass is 127. The summed E-state index contributed by atoms with van der Waals surface area (Å²) in [5, 5.41) is 6.99. The molecular weight excluding hydrogens is 501 g/mol. The van der Waals surface area contributed by atoms with E-state index in [0.29, 0.717) is 0 Å². The van der Waals surface area contributed by atoms with Crippen molar-refractivity contribution in [1.82, 2.24) is 20.4 Å². The fourth-order valence-electron chi connectivity index (χ4n) is 4.77. The second kappa shape index (κ2) is 14.3. The maximum Gasteiger partial charge on any atom is 0.191 e. The average molecular weight is 544 g/mol. The Morgan fingerprint density at radius 1 is 1.03 bits per heavy atom. The number of likely N-dealkylation sites (tertiary alicyclic amines) is 1. The van der Waals surface area contributed by atoms with E-state index in [1.165, 1.54) is 37.2 Å². The van der Waals surface area contributed by atoms with E-state index in [1.54, 1.807) is 0 Å². The summed E-state index contributed by atoms with van der Waals surface area (Å²) in [6, 6.07) is 8.71. The predicted molar refractivity (Wildman–Crippen MR) is 140 cm³/mol. The molecule has 2 N–H and O–H groups in total. The SMILES string of the molecule is CN=C(NCCCN1CC(C)CC(C)C1)NCc1ccccc1CN1CCOCC1.I. The zero-order valence-corrected chi connectivity index (χ0v) is 21.9. The summed E-state index contributed by atoms with van der Waals surface area (Å²) in [5.74, 6) is 2.54. The number of hydrogen-bond acceptors (Lipinski definition) is 4. The monoisotopic (exact) mass is 543 g/mol. The number of benzene rings is 1. The third-order valence-corrected chi connectivity index (χ3v) is 6.17. The first-order chi connectivity index (χ1) is 14.6. The number of aliphatic imine (C=N–C) groups is 1. The van der Waals surface area contributed by atoms with Crippen LogP contribution in [0.5, 0.6) is 0 Å². The van der Waals surface area contributed by atoms with E-state index in [1.807, 2.05) is 7.05 Å². The van der Waals surface area contributed by atoms with E-state index in [9.17, 15) is 0 Å². The van der Waals surface area contributed by atoms with E-state index in [-0.39, 0.29) is 24.0 Å². The van der Waals surface area contributed by atoms with Gasteiger partial charge in [0.25, 0.3) is 0 Å². The third kappa shape index (κ3) is 9.24. The molecule has 2 aliphatic heterocycles. The van der Waals surface area contributed by atoms with Gasteiger partial charge >= 0.3 is 0 Å². The van der Waals surface area contributed by atoms with Gasteiger partial charge in [-0.3, -0.25) is 9.89 Å². The fourth-order valence-corrected chi connectivity index (χ4v) is 4.77. The van der Waals surface area contributed by atoms with Crippen LogP contribution in [0.1, 0.15) is 37.8 Å². The van der Waals surface area contributed by atoms with E-state index in [0.717, 1.165) is 70.2 Å². The Morgan fingerprint density at radius 2 is 1.71 bits per heavy atom. The highest BCUT2D eigenvalue weighted by Gasteiger charge is 2.21. The molecule has 2 aliphatic rings. The number of hydrogen-bond donors (Lipinski definition) is 2. The first-order valence-corrected chi connectivity index (χ1v) is 11.7. The molecule has 2 unspecified atom stereocenters. The van der Waals surface area contributed by atoms with Crippen molar-refractivity contribution in [3.63, 3.8) is 0 Å². The van der Waals surface area contributed by atoms with Crippen molar-refractivity contribution < 1.29 is 4.74 Å². The van der Waals surface area contributed by atoms with Gasteiger partial charge in [0.05, 0.1) is 13.2 Å². The Balaban J connectivity index is 0.00000341. The van der Waals surface area contributed by atoms with Crippen LogP contribution in [-0.4, -0.2) is 75.3 Å². The van der Waals surface area contributed by atoms with Crippen molar-refractivity contribution in [2.75, 3.05) is 59.5 Å². The maximum absolute atomic E-state index is 5.48. The number of ether oxygens (including phenoxy) is 1. The topological polar surface area (TPSA) is 52.1 Å². The second-order valence-electron chi connectivity index (χ2n) is 9.07. The van der Waals surface area contributed by atoms with Gasteiger partial charge in [-0.15, -0.1) is 24.0 Å². The molecule has 1 aromatic rings. The zero-order valence-electron chi connectivity index (χ0n) is 19.6. The minimum atomic E-state index is 0. The molecule has 0 saturated carbocycles. The largest absolute Gasteiger partial charge is 0.379 e. The van der Waals surface area contributed by atoms with Gasteiger partial charge in [0, 0.05) is 52.9 Å². The van der Waals surface area contributed by atoms with Gasteiger partial charge in [-0.1, -0.05) is 38.1 Å². The molecule has 0 radical (unpaired) electrons. The normalized spacial score (nSPS) is 23.3. The van der Waals surface area contributed by atoms with Gasteiger partial charge < -0.3 is 20.3 Å². The van der Waals surface area contributed by atoms with E-state index in [4.69, 9.17) is 4.74 Å². The Bertz CT molecular complexity index is 655. The van der Waals surface area contributed by atoms with Crippen LogP contribution >= 0.6 is 24.0 Å². The summed E-state index contributed by atoms with van der Waals surface area (Å²) in [4.78, 5) is 9.50. The van der Waals surface area contributed by atoms with Crippen LogP contribution in [0.15, 0.2) is 29.3 Å². The third-order valence-electron chi connectivity index (χ3n) is 6.17. The van der Waals surface area contributed by atoms with Crippen LogP contribution in [-0.2, 0) is 17.8 Å². The van der Waals surface area contributed by atoms with E-state index >= 15 is 0 Å². The predicted octanol–water partition coefficient (Wildman–Crippen LogP) is 3.17. The van der Waals surface area contributed by atoms with Crippen LogP contribution < -0.4 is 10.6 Å². The second-order valence-corrected chi connectivity index (χ2v) is 9.07. The lowest BCUT2D eigenvalue weighted by Gasteiger charge is -2.35. The minimum Gasteiger partial charge on any atom is -0.379 e. The van der Waals surface area contributed by atoms with Gasteiger partial charge in [-0.05, 0) is 42.3 Å². The average Bonchev–Trinajstić information content (AvgIpc) is 2.74. The Hall–Kier alpha value is -0.900. The Kier molecular flexibility index (Phi) is 12.1. The van der Waals surface area contributed by atoms with Gasteiger partial charge in [0.15, 0.2) is 5.96 Å². The van der Waals surface area contributed by atoms with Crippen molar-refractivity contribution in [3.05, 3.63) is 35.4 Å². The zero-order chi connectivity index (χ0) is 21.2. The minimum absolute atomic E-state index is 0. The molecule has 31 heavy (non-hydrogen) atoms. The van der Waals surface area contributed by atoms with Crippen molar-refractivity contribution in [1.29, 1.82) is 0 Å². The van der Waals surface area contributed by atoms with Crippen molar-refractivity contribution in [3.8, 4) is 0 Å². The molecule has 0 amide bonds. The van der Waals surface area contributed by atoms with E-state index < -0.39 is 0 Å². The van der Waals surface area contributed by atoms with Crippen LogP contribution in [0, 0.1) is 11.8 Å². The summed E-state index contributed by atoms with van der Waals surface area (Å²) in [6.07, 6.45) is 2.52. The van der Waals surface area contributed by atoms with Crippen LogP contribution in [0.3, 0.4) is 0 Å². The lowest BCUT2D eigenvalue weighted by molar-refractivity contribution is 0.0341. The molecular formula is C24H42IN5O. The maximum atomic E-state index is 5.48. The summed E-state index contributed by atoms with van der Waals surface area (Å²) in [7, 11) is 1.85. The van der Waals surface area contributed by atoms with Crippen LogP contribution in [0.4, 0.5) is 0 Å². The standard InChI is InChI=1S/C24H41N5O.HI/c1-20-15-21(2)18-29(17-20)10-6-9-26-24(25-3)27-16-22-7-4-5-8-23(22)19-28-11-13-30-14-12-28;/h4-5,7-8,20-21H,6,9-19H2,1-3H3,(H2,25,26,27);1H. The molecule has 176 valence electrons. The summed E-state index contributed by atoms with van der Waals surface area (Å²) >= 11 is 0. The summed E-state index contributed by atoms with van der Waals surface area (Å²) < 4.78 is 5.48. The molecule has 0 aliphatic carbocycles. The number of rotatable bonds is 8. The smallest absolute Gasteiger partial charge is 0.191 e. The lowest BCUT2D eigenvalue weighted by atomic mass is 9.92. The molecule has 7 heteroatoms. The molecule has 2 saturated heterocycles. The number of nitrogens with zero attached hydrogens (tertiary/aromatic N) is 3. The first-order valence-electron chi connectivity index (χ1n) is 11.7. The molecule has 2 heterocycles. The van der Waals surface area contributed by atoms with Crippen molar-refractivity contribution in [2.24, 2.45) is 16.8 Å². The molecule has 2 atom stereocenters.